The Kier molecular flexibility index (Phi) is 3.99. The van der Waals surface area contributed by atoms with E-state index in [1.807, 2.05) is 0 Å². The molecule has 0 aliphatic carbocycles. The molecule has 2 aliphatic rings. The Labute approximate surface area is 159 Å². The van der Waals surface area contributed by atoms with Crippen LogP contribution in [0.4, 0.5) is 16.2 Å². The van der Waals surface area contributed by atoms with Gasteiger partial charge in [-0.3, -0.25) is 24.6 Å². The molecule has 28 heavy (non-hydrogen) atoms. The van der Waals surface area contributed by atoms with Gasteiger partial charge in [0.15, 0.2) is 0 Å². The van der Waals surface area contributed by atoms with Gasteiger partial charge in [0.25, 0.3) is 11.8 Å². The van der Waals surface area contributed by atoms with Gasteiger partial charge in [0, 0.05) is 11.3 Å². The molecule has 0 bridgehead atoms. The number of anilines is 2. The van der Waals surface area contributed by atoms with Gasteiger partial charge >= 0.3 is 6.03 Å². The molecular weight excluding hydrogens is 364 g/mol. The number of methoxy groups -OCH3 is 1. The van der Waals surface area contributed by atoms with Crippen LogP contribution in [0.5, 0.6) is 5.75 Å². The normalized spacial score (nSPS) is 20.0. The maximum absolute atomic E-state index is 13.1. The van der Waals surface area contributed by atoms with Crippen LogP contribution < -0.4 is 25.6 Å². The number of imide groups is 1. The van der Waals surface area contributed by atoms with Gasteiger partial charge in [-0.05, 0) is 30.3 Å². The lowest BCUT2D eigenvalue weighted by Gasteiger charge is -2.21. The van der Waals surface area contributed by atoms with E-state index in [0.29, 0.717) is 22.7 Å². The molecule has 9 heteroatoms. The molecule has 0 radical (unpaired) electrons. The Bertz CT molecular complexity index is 1000. The highest BCUT2D eigenvalue weighted by Crippen LogP contribution is 2.41. The molecule has 2 aliphatic heterocycles. The summed E-state index contributed by atoms with van der Waals surface area (Å²) in [5, 5.41) is 7.20. The number of urea groups is 1. The predicted molar refractivity (Wildman–Crippen MR) is 98.8 cm³/mol. The number of benzene rings is 2. The standard InChI is InChI=1S/C19H16N4O5/c1-28-12-8-6-11(7-9-12)20-15(24)10-23-14-5-3-2-4-13(14)19(17(23)26)16(25)21-18(27)22-19/h2-9H,10H2,1H3,(H,20,24)(H2,21,22,25,27). The fraction of sp³-hybridized carbons (Fsp3) is 0.158. The number of ether oxygens (including phenoxy) is 1. The number of carbonyl (C=O) groups is 4. The number of hydrogen-bond donors (Lipinski definition) is 3. The molecule has 9 nitrogen and oxygen atoms in total. The summed E-state index contributed by atoms with van der Waals surface area (Å²) < 4.78 is 5.07. The van der Waals surface area contributed by atoms with Crippen LogP contribution in [-0.2, 0) is 19.9 Å². The van der Waals surface area contributed by atoms with Crippen molar-refractivity contribution in [2.45, 2.75) is 5.54 Å². The van der Waals surface area contributed by atoms with Crippen LogP contribution in [0.25, 0.3) is 0 Å². The van der Waals surface area contributed by atoms with E-state index in [4.69, 9.17) is 4.74 Å². The zero-order chi connectivity index (χ0) is 19.9. The van der Waals surface area contributed by atoms with Crippen LogP contribution >= 0.6 is 0 Å². The first kappa shape index (κ1) is 17.5. The van der Waals surface area contributed by atoms with Gasteiger partial charge in [-0.15, -0.1) is 0 Å². The summed E-state index contributed by atoms with van der Waals surface area (Å²) in [6.45, 7) is -0.313. The van der Waals surface area contributed by atoms with Crippen molar-refractivity contribution in [1.29, 1.82) is 0 Å². The quantitative estimate of drug-likeness (QED) is 0.534. The molecular formula is C19H16N4O5. The summed E-state index contributed by atoms with van der Waals surface area (Å²) in [5.74, 6) is -1.24. The van der Waals surface area contributed by atoms with Crippen LogP contribution in [0.3, 0.4) is 0 Å². The van der Waals surface area contributed by atoms with Crippen molar-refractivity contribution in [3.8, 4) is 5.75 Å². The Morgan fingerprint density at radius 3 is 2.46 bits per heavy atom. The molecule has 4 rings (SSSR count). The second-order valence-electron chi connectivity index (χ2n) is 6.34. The number of carbonyl (C=O) groups excluding carboxylic acids is 4. The average Bonchev–Trinajstić information content (AvgIpc) is 3.12. The number of fused-ring (bicyclic) bond motifs is 2. The van der Waals surface area contributed by atoms with Crippen LogP contribution in [0, 0.1) is 0 Å². The third kappa shape index (κ3) is 2.56. The number of nitrogens with one attached hydrogen (secondary N) is 3. The SMILES string of the molecule is COc1ccc(NC(=O)CN2C(=O)C3(NC(=O)NC3=O)c3ccccc32)cc1. The molecule has 1 atom stereocenters. The van der Waals surface area contributed by atoms with E-state index in [1.165, 1.54) is 12.0 Å². The smallest absolute Gasteiger partial charge is 0.323 e. The van der Waals surface area contributed by atoms with Gasteiger partial charge in [-0.2, -0.15) is 0 Å². The predicted octanol–water partition coefficient (Wildman–Crippen LogP) is 0.715. The van der Waals surface area contributed by atoms with Crippen molar-refractivity contribution in [2.75, 3.05) is 23.9 Å². The van der Waals surface area contributed by atoms with Crippen molar-refractivity contribution in [1.82, 2.24) is 10.6 Å². The molecule has 2 aromatic carbocycles. The summed E-state index contributed by atoms with van der Waals surface area (Å²) >= 11 is 0. The Morgan fingerprint density at radius 2 is 1.82 bits per heavy atom. The van der Waals surface area contributed by atoms with Crippen molar-refractivity contribution >= 4 is 35.1 Å². The van der Waals surface area contributed by atoms with E-state index in [0.717, 1.165) is 0 Å². The first-order chi connectivity index (χ1) is 13.5. The van der Waals surface area contributed by atoms with E-state index in [2.05, 4.69) is 16.0 Å². The average molecular weight is 380 g/mol. The number of hydrogen-bond acceptors (Lipinski definition) is 5. The Hall–Kier alpha value is -3.88. The van der Waals surface area contributed by atoms with E-state index in [1.54, 1.807) is 48.5 Å². The molecule has 2 aromatic rings. The summed E-state index contributed by atoms with van der Waals surface area (Å²) in [5.41, 5.74) is -0.573. The van der Waals surface area contributed by atoms with Gasteiger partial charge in [0.05, 0.1) is 12.8 Å². The summed E-state index contributed by atoms with van der Waals surface area (Å²) in [7, 11) is 1.54. The van der Waals surface area contributed by atoms with E-state index >= 15 is 0 Å². The third-order valence-corrected chi connectivity index (χ3v) is 4.71. The highest BCUT2D eigenvalue weighted by atomic mass is 16.5. The summed E-state index contributed by atoms with van der Waals surface area (Å²) in [6, 6.07) is 12.5. The minimum absolute atomic E-state index is 0.313. The van der Waals surface area contributed by atoms with Crippen molar-refractivity contribution < 1.29 is 23.9 Å². The lowest BCUT2D eigenvalue weighted by molar-refractivity contribution is -0.134. The fourth-order valence-corrected chi connectivity index (χ4v) is 3.42. The first-order valence-electron chi connectivity index (χ1n) is 8.44. The molecule has 2 heterocycles. The number of nitrogens with zero attached hydrogens (tertiary/aromatic N) is 1. The number of para-hydroxylation sites is 1. The van der Waals surface area contributed by atoms with Crippen molar-refractivity contribution in [3.63, 3.8) is 0 Å². The van der Waals surface area contributed by atoms with E-state index in [-0.39, 0.29) is 6.54 Å². The molecule has 1 spiro atoms. The molecule has 3 N–H and O–H groups in total. The largest absolute Gasteiger partial charge is 0.497 e. The Morgan fingerprint density at radius 1 is 1.11 bits per heavy atom. The minimum atomic E-state index is -1.84. The third-order valence-electron chi connectivity index (χ3n) is 4.71. The topological polar surface area (TPSA) is 117 Å². The van der Waals surface area contributed by atoms with Crippen LogP contribution in [0.1, 0.15) is 5.56 Å². The zero-order valence-corrected chi connectivity index (χ0v) is 14.8. The maximum atomic E-state index is 13.1. The number of amides is 5. The fourth-order valence-electron chi connectivity index (χ4n) is 3.42. The molecule has 142 valence electrons. The van der Waals surface area contributed by atoms with Gasteiger partial charge in [0.1, 0.15) is 12.3 Å². The molecule has 0 saturated carbocycles. The highest BCUT2D eigenvalue weighted by molar-refractivity contribution is 6.28. The van der Waals surface area contributed by atoms with Gasteiger partial charge < -0.3 is 15.4 Å². The van der Waals surface area contributed by atoms with E-state index in [9.17, 15) is 19.2 Å². The Balaban J connectivity index is 1.59. The van der Waals surface area contributed by atoms with Crippen molar-refractivity contribution in [2.24, 2.45) is 0 Å². The second kappa shape index (κ2) is 6.38. The molecule has 0 aromatic heterocycles. The molecule has 1 fully saturated rings. The molecule has 1 saturated heterocycles. The number of rotatable bonds is 4. The van der Waals surface area contributed by atoms with Crippen LogP contribution in [0.2, 0.25) is 0 Å². The van der Waals surface area contributed by atoms with E-state index < -0.39 is 29.3 Å². The monoisotopic (exact) mass is 380 g/mol. The lowest BCUT2D eigenvalue weighted by atomic mass is 9.92. The van der Waals surface area contributed by atoms with Gasteiger partial charge in [-0.1, -0.05) is 18.2 Å². The van der Waals surface area contributed by atoms with Crippen LogP contribution in [-0.4, -0.2) is 37.4 Å². The lowest BCUT2D eigenvalue weighted by Crippen LogP contribution is -2.53. The second-order valence-corrected chi connectivity index (χ2v) is 6.34. The van der Waals surface area contributed by atoms with Gasteiger partial charge in [0.2, 0.25) is 11.4 Å². The minimum Gasteiger partial charge on any atom is -0.497 e. The van der Waals surface area contributed by atoms with Gasteiger partial charge in [-0.25, -0.2) is 4.79 Å². The highest BCUT2D eigenvalue weighted by Gasteiger charge is 2.61. The summed E-state index contributed by atoms with van der Waals surface area (Å²) in [6.07, 6.45) is 0. The maximum Gasteiger partial charge on any atom is 0.323 e. The summed E-state index contributed by atoms with van der Waals surface area (Å²) in [4.78, 5) is 50.9. The molecule has 5 amide bonds. The first-order valence-corrected chi connectivity index (χ1v) is 8.44. The van der Waals surface area contributed by atoms with Crippen LogP contribution in [0.15, 0.2) is 48.5 Å². The van der Waals surface area contributed by atoms with Crippen molar-refractivity contribution in [3.05, 3.63) is 54.1 Å². The zero-order valence-electron chi connectivity index (χ0n) is 14.8. The molecule has 1 unspecified atom stereocenters.